The monoisotopic (exact) mass is 135 g/mol. The van der Waals surface area contributed by atoms with E-state index < -0.39 is 0 Å². The zero-order valence-electron chi connectivity index (χ0n) is 5.07. The van der Waals surface area contributed by atoms with Crippen LogP contribution in [-0.2, 0) is 0 Å². The van der Waals surface area contributed by atoms with E-state index in [0.717, 1.165) is 0 Å². The predicted molar refractivity (Wildman–Crippen MR) is 34.6 cm³/mol. The third kappa shape index (κ3) is 1.18. The van der Waals surface area contributed by atoms with Gasteiger partial charge in [-0.05, 0) is 0 Å². The summed E-state index contributed by atoms with van der Waals surface area (Å²) < 4.78 is 0. The summed E-state index contributed by atoms with van der Waals surface area (Å²) in [5.41, 5.74) is 2.71. The summed E-state index contributed by atoms with van der Waals surface area (Å²) >= 11 is 0. The maximum absolute atomic E-state index is 8.37. The van der Waals surface area contributed by atoms with Crippen LogP contribution in [0.3, 0.4) is 0 Å². The van der Waals surface area contributed by atoms with Crippen LogP contribution in [0, 0.1) is 11.3 Å². The Morgan fingerprint density at radius 2 is 2.50 bits per heavy atom. The van der Waals surface area contributed by atoms with Gasteiger partial charge in [-0.2, -0.15) is 10.4 Å². The molecule has 0 radical (unpaired) electrons. The molecule has 0 amide bonds. The van der Waals surface area contributed by atoms with E-state index in [4.69, 9.17) is 11.1 Å². The van der Waals surface area contributed by atoms with Crippen molar-refractivity contribution in [3.8, 4) is 6.07 Å². The molecule has 0 aliphatic heterocycles. The van der Waals surface area contributed by atoms with Crippen molar-refractivity contribution in [3.63, 3.8) is 0 Å². The van der Waals surface area contributed by atoms with Gasteiger partial charge in [0.05, 0.1) is 11.8 Å². The second kappa shape index (κ2) is 2.75. The highest BCUT2D eigenvalue weighted by Crippen LogP contribution is 1.99. The van der Waals surface area contributed by atoms with Crippen molar-refractivity contribution in [1.82, 2.24) is 10.2 Å². The normalized spacial score (nSPS) is 8.40. The molecule has 0 fully saturated rings. The molecule has 0 aliphatic rings. The molecule has 0 spiro atoms. The van der Waals surface area contributed by atoms with Crippen molar-refractivity contribution in [1.29, 1.82) is 5.26 Å². The molecule has 1 aromatic rings. The number of hydrogen-bond donors (Lipinski definition) is 2. The third-order valence-corrected chi connectivity index (χ3v) is 0.931. The van der Waals surface area contributed by atoms with Crippen molar-refractivity contribution < 1.29 is 0 Å². The Hall–Kier alpha value is -1.67. The van der Waals surface area contributed by atoms with Crippen LogP contribution in [0.4, 0.5) is 5.82 Å². The molecule has 10 heavy (non-hydrogen) atoms. The Kier molecular flexibility index (Phi) is 1.78. The highest BCUT2D eigenvalue weighted by molar-refractivity contribution is 5.38. The summed E-state index contributed by atoms with van der Waals surface area (Å²) in [5, 5.41) is 15.5. The lowest BCUT2D eigenvalue weighted by Gasteiger charge is -1.94. The second-order valence-corrected chi connectivity index (χ2v) is 1.59. The summed E-state index contributed by atoms with van der Waals surface area (Å²) in [5.74, 6) is 5.40. The molecule has 0 aromatic carbocycles. The average Bonchev–Trinajstić information content (AvgIpc) is 2.05. The van der Waals surface area contributed by atoms with E-state index in [0.29, 0.717) is 11.4 Å². The lowest BCUT2D eigenvalue weighted by Crippen LogP contribution is -2.09. The van der Waals surface area contributed by atoms with Gasteiger partial charge < -0.3 is 5.43 Å². The van der Waals surface area contributed by atoms with Gasteiger partial charge in [-0.25, -0.2) is 5.84 Å². The topological polar surface area (TPSA) is 87.6 Å². The summed E-state index contributed by atoms with van der Waals surface area (Å²) in [6.45, 7) is 0. The summed E-state index contributed by atoms with van der Waals surface area (Å²) in [7, 11) is 0. The number of nitrogens with one attached hydrogen (secondary N) is 1. The maximum Gasteiger partial charge on any atom is 0.163 e. The summed E-state index contributed by atoms with van der Waals surface area (Å²) in [6.07, 6.45) is 1.36. The number of rotatable bonds is 1. The van der Waals surface area contributed by atoms with Crippen LogP contribution in [0.25, 0.3) is 0 Å². The van der Waals surface area contributed by atoms with E-state index in [1.54, 1.807) is 0 Å². The summed E-state index contributed by atoms with van der Waals surface area (Å²) in [4.78, 5) is 0. The Labute approximate surface area is 57.5 Å². The number of nitrogen functional groups attached to an aromatic ring is 1. The van der Waals surface area contributed by atoms with Crippen LogP contribution >= 0.6 is 0 Å². The highest BCUT2D eigenvalue weighted by atomic mass is 15.3. The Balaban J connectivity index is 3.01. The molecule has 0 saturated heterocycles. The SMILES string of the molecule is N#Cc1cnnc(NN)c1. The van der Waals surface area contributed by atoms with Crippen molar-refractivity contribution in [2.24, 2.45) is 5.84 Å². The average molecular weight is 135 g/mol. The van der Waals surface area contributed by atoms with Gasteiger partial charge in [-0.15, -0.1) is 5.10 Å². The molecule has 1 aromatic heterocycles. The summed E-state index contributed by atoms with van der Waals surface area (Å²) in [6, 6.07) is 3.41. The van der Waals surface area contributed by atoms with Crippen molar-refractivity contribution in [2.75, 3.05) is 5.43 Å². The second-order valence-electron chi connectivity index (χ2n) is 1.59. The van der Waals surface area contributed by atoms with E-state index in [-0.39, 0.29) is 0 Å². The zero-order valence-corrected chi connectivity index (χ0v) is 5.07. The molecule has 0 unspecified atom stereocenters. The van der Waals surface area contributed by atoms with E-state index in [2.05, 4.69) is 15.6 Å². The van der Waals surface area contributed by atoms with Gasteiger partial charge in [0.25, 0.3) is 0 Å². The van der Waals surface area contributed by atoms with Gasteiger partial charge in [-0.3, -0.25) is 0 Å². The van der Waals surface area contributed by atoms with Gasteiger partial charge in [0.2, 0.25) is 0 Å². The first-order valence-corrected chi connectivity index (χ1v) is 2.56. The number of hydrogen-bond acceptors (Lipinski definition) is 5. The molecule has 5 heteroatoms. The molecule has 0 aliphatic carbocycles. The smallest absolute Gasteiger partial charge is 0.163 e. The third-order valence-electron chi connectivity index (χ3n) is 0.931. The molecule has 1 heterocycles. The lowest BCUT2D eigenvalue weighted by atomic mass is 10.3. The fourth-order valence-corrected chi connectivity index (χ4v) is 0.498. The van der Waals surface area contributed by atoms with Crippen LogP contribution in [0.15, 0.2) is 12.3 Å². The molecular weight excluding hydrogens is 130 g/mol. The molecule has 5 nitrogen and oxygen atoms in total. The van der Waals surface area contributed by atoms with E-state index in [9.17, 15) is 0 Å². The van der Waals surface area contributed by atoms with Gasteiger partial charge in [0, 0.05) is 6.07 Å². The molecule has 0 bridgehead atoms. The predicted octanol–water partition coefficient (Wildman–Crippen LogP) is -0.366. The standard InChI is InChI=1S/C5H5N5/c6-2-4-1-5(9-7)10-8-3-4/h1,3H,7H2,(H,9,10). The van der Waals surface area contributed by atoms with E-state index in [1.807, 2.05) is 6.07 Å². The van der Waals surface area contributed by atoms with Crippen molar-refractivity contribution in [2.45, 2.75) is 0 Å². The zero-order chi connectivity index (χ0) is 7.40. The minimum absolute atomic E-state index is 0.388. The Bertz CT molecular complexity index is 263. The number of nitrogens with zero attached hydrogens (tertiary/aromatic N) is 3. The maximum atomic E-state index is 8.37. The van der Waals surface area contributed by atoms with Crippen molar-refractivity contribution in [3.05, 3.63) is 17.8 Å². The van der Waals surface area contributed by atoms with Gasteiger partial charge in [-0.1, -0.05) is 0 Å². The number of nitriles is 1. The first-order chi connectivity index (χ1) is 4.86. The van der Waals surface area contributed by atoms with E-state index >= 15 is 0 Å². The highest BCUT2D eigenvalue weighted by Gasteiger charge is 1.92. The van der Waals surface area contributed by atoms with Gasteiger partial charge in [0.1, 0.15) is 6.07 Å². The first kappa shape index (κ1) is 6.45. The fourth-order valence-electron chi connectivity index (χ4n) is 0.498. The Morgan fingerprint density at radius 1 is 1.70 bits per heavy atom. The van der Waals surface area contributed by atoms with Crippen LogP contribution in [-0.4, -0.2) is 10.2 Å². The van der Waals surface area contributed by atoms with Gasteiger partial charge >= 0.3 is 0 Å². The van der Waals surface area contributed by atoms with Crippen LogP contribution in [0.5, 0.6) is 0 Å². The number of nitrogens with two attached hydrogens (primary N) is 1. The molecule has 50 valence electrons. The minimum atomic E-state index is 0.388. The minimum Gasteiger partial charge on any atom is -0.307 e. The molecule has 0 saturated carbocycles. The largest absolute Gasteiger partial charge is 0.307 e. The van der Waals surface area contributed by atoms with Crippen LogP contribution in [0.2, 0.25) is 0 Å². The van der Waals surface area contributed by atoms with E-state index in [1.165, 1.54) is 12.3 Å². The van der Waals surface area contributed by atoms with Crippen LogP contribution < -0.4 is 11.3 Å². The van der Waals surface area contributed by atoms with Crippen molar-refractivity contribution >= 4 is 5.82 Å². The number of anilines is 1. The van der Waals surface area contributed by atoms with Crippen LogP contribution in [0.1, 0.15) is 5.56 Å². The fraction of sp³-hybridized carbons (Fsp3) is 0. The lowest BCUT2D eigenvalue weighted by molar-refractivity contribution is 1.01. The molecule has 3 N–H and O–H groups in total. The first-order valence-electron chi connectivity index (χ1n) is 2.56. The number of aromatic nitrogens is 2. The quantitative estimate of drug-likeness (QED) is 0.405. The molecular formula is C5H5N5. The molecule has 1 rings (SSSR count). The Morgan fingerprint density at radius 3 is 3.10 bits per heavy atom. The number of hydrazine groups is 1. The molecule has 0 atom stereocenters. The van der Waals surface area contributed by atoms with Gasteiger partial charge in [0.15, 0.2) is 5.82 Å².